The predicted octanol–water partition coefficient (Wildman–Crippen LogP) is 5.80. The van der Waals surface area contributed by atoms with Crippen LogP contribution in [0.4, 0.5) is 0 Å². The SMILES string of the molecule is C=C(C)C(=O)OCCC.C=C(C)C(=O)OCCC.O=C(O)c1ccccc1.O=C(O)c1ccccc1. The normalized spacial score (nSPS) is 8.78. The first-order valence-corrected chi connectivity index (χ1v) is 11.2. The third kappa shape index (κ3) is 19.3. The third-order valence-corrected chi connectivity index (χ3v) is 3.61. The highest BCUT2D eigenvalue weighted by molar-refractivity contribution is 5.88. The molecule has 8 nitrogen and oxygen atoms in total. The number of aromatic carboxylic acids is 2. The molecule has 0 amide bonds. The molecule has 0 aliphatic heterocycles. The minimum atomic E-state index is -0.879. The highest BCUT2D eigenvalue weighted by Crippen LogP contribution is 1.97. The number of carbonyl (C=O) groups excluding carboxylic acids is 2. The van der Waals surface area contributed by atoms with Gasteiger partial charge in [-0.3, -0.25) is 0 Å². The molecule has 8 heteroatoms. The summed E-state index contributed by atoms with van der Waals surface area (Å²) in [4.78, 5) is 41.6. The number of benzene rings is 2. The predicted molar refractivity (Wildman–Crippen MR) is 139 cm³/mol. The molecule has 0 saturated heterocycles. The molecule has 0 spiro atoms. The lowest BCUT2D eigenvalue weighted by Gasteiger charge is -1.99. The highest BCUT2D eigenvalue weighted by Gasteiger charge is 2.00. The topological polar surface area (TPSA) is 127 Å². The zero-order valence-corrected chi connectivity index (χ0v) is 21.4. The van der Waals surface area contributed by atoms with E-state index in [1.165, 1.54) is 0 Å². The fraction of sp³-hybridized carbons (Fsp3) is 0.286. The van der Waals surface area contributed by atoms with Gasteiger partial charge in [0.2, 0.25) is 0 Å². The maximum absolute atomic E-state index is 10.6. The second-order valence-corrected chi connectivity index (χ2v) is 7.17. The number of esters is 2. The van der Waals surface area contributed by atoms with Gasteiger partial charge < -0.3 is 19.7 Å². The minimum Gasteiger partial charge on any atom is -0.478 e. The van der Waals surface area contributed by atoms with Crippen LogP contribution >= 0.6 is 0 Å². The number of carbonyl (C=O) groups is 4. The number of carboxylic acids is 2. The van der Waals surface area contributed by atoms with Gasteiger partial charge >= 0.3 is 23.9 Å². The van der Waals surface area contributed by atoms with Crippen LogP contribution in [0.2, 0.25) is 0 Å². The van der Waals surface area contributed by atoms with E-state index in [2.05, 4.69) is 13.2 Å². The lowest BCUT2D eigenvalue weighted by Crippen LogP contribution is -2.04. The molecule has 0 saturated carbocycles. The first kappa shape index (κ1) is 34.0. The van der Waals surface area contributed by atoms with Gasteiger partial charge in [-0.2, -0.15) is 0 Å². The zero-order chi connectivity index (χ0) is 27.9. The summed E-state index contributed by atoms with van der Waals surface area (Å²) in [6.45, 7) is 15.0. The molecule has 0 radical (unpaired) electrons. The Morgan fingerprint density at radius 3 is 1.08 bits per heavy atom. The molecule has 36 heavy (non-hydrogen) atoms. The van der Waals surface area contributed by atoms with Crippen molar-refractivity contribution in [2.24, 2.45) is 0 Å². The maximum atomic E-state index is 10.6. The molecule has 0 heterocycles. The lowest BCUT2D eigenvalue weighted by molar-refractivity contribution is -0.139. The lowest BCUT2D eigenvalue weighted by atomic mass is 10.2. The van der Waals surface area contributed by atoms with Crippen LogP contribution in [-0.2, 0) is 19.1 Å². The van der Waals surface area contributed by atoms with Gasteiger partial charge in [-0.1, -0.05) is 63.4 Å². The number of hydrogen-bond acceptors (Lipinski definition) is 6. The Balaban J connectivity index is 0. The average molecular weight is 501 g/mol. The van der Waals surface area contributed by atoms with Crippen molar-refractivity contribution in [2.75, 3.05) is 13.2 Å². The van der Waals surface area contributed by atoms with E-state index in [4.69, 9.17) is 19.7 Å². The Morgan fingerprint density at radius 1 is 0.639 bits per heavy atom. The van der Waals surface area contributed by atoms with Crippen LogP contribution in [0.15, 0.2) is 85.0 Å². The summed E-state index contributed by atoms with van der Waals surface area (Å²) in [6.07, 6.45) is 1.72. The van der Waals surface area contributed by atoms with Crippen molar-refractivity contribution in [3.63, 3.8) is 0 Å². The van der Waals surface area contributed by atoms with Gasteiger partial charge in [-0.25, -0.2) is 19.2 Å². The molecule has 196 valence electrons. The van der Waals surface area contributed by atoms with Crippen molar-refractivity contribution in [3.05, 3.63) is 96.1 Å². The summed E-state index contributed by atoms with van der Waals surface area (Å²) in [6, 6.07) is 16.6. The van der Waals surface area contributed by atoms with Crippen molar-refractivity contribution < 1.29 is 38.9 Å². The maximum Gasteiger partial charge on any atom is 0.335 e. The summed E-state index contributed by atoms with van der Waals surface area (Å²) < 4.78 is 9.43. The Labute approximate surface area is 212 Å². The van der Waals surface area contributed by atoms with Gasteiger partial charge in [0.05, 0.1) is 24.3 Å². The summed E-state index contributed by atoms with van der Waals surface area (Å²) in [5.74, 6) is -2.35. The molecule has 2 aromatic carbocycles. The summed E-state index contributed by atoms with van der Waals surface area (Å²) in [5, 5.41) is 16.8. The number of carboxylic acid groups (broad SMARTS) is 2. The summed E-state index contributed by atoms with van der Waals surface area (Å²) in [7, 11) is 0. The number of ether oxygens (including phenoxy) is 2. The Hall–Kier alpha value is -4.20. The Morgan fingerprint density at radius 2 is 0.917 bits per heavy atom. The smallest absolute Gasteiger partial charge is 0.335 e. The van der Waals surface area contributed by atoms with Gasteiger partial charge in [-0.05, 0) is 51.0 Å². The van der Waals surface area contributed by atoms with Crippen molar-refractivity contribution in [3.8, 4) is 0 Å². The molecule has 0 fully saturated rings. The van der Waals surface area contributed by atoms with Gasteiger partial charge in [0.15, 0.2) is 0 Å². The van der Waals surface area contributed by atoms with Gasteiger partial charge in [0.25, 0.3) is 0 Å². The van der Waals surface area contributed by atoms with Crippen molar-refractivity contribution in [1.29, 1.82) is 0 Å². The van der Waals surface area contributed by atoms with Crippen molar-refractivity contribution >= 4 is 23.9 Å². The minimum absolute atomic E-state index is 0.295. The van der Waals surface area contributed by atoms with E-state index >= 15 is 0 Å². The Bertz CT molecular complexity index is 871. The van der Waals surface area contributed by atoms with Crippen LogP contribution in [-0.4, -0.2) is 47.3 Å². The molecule has 0 aromatic heterocycles. The largest absolute Gasteiger partial charge is 0.478 e. The van der Waals surface area contributed by atoms with Gasteiger partial charge in [0.1, 0.15) is 0 Å². The quantitative estimate of drug-likeness (QED) is 0.344. The summed E-state index contributed by atoms with van der Waals surface area (Å²) >= 11 is 0. The Kier molecular flexibility index (Phi) is 20.1. The van der Waals surface area contributed by atoms with Gasteiger partial charge in [-0.15, -0.1) is 0 Å². The first-order chi connectivity index (χ1) is 17.0. The van der Waals surface area contributed by atoms with E-state index in [1.54, 1.807) is 74.5 Å². The number of rotatable bonds is 8. The van der Waals surface area contributed by atoms with Crippen LogP contribution in [0.1, 0.15) is 61.3 Å². The standard InChI is InChI=1S/2C7H6O2.2C7H12O2/c2*8-7(9)6-4-2-1-3-5-6;2*1-4-5-9-7(8)6(2)3/h2*1-5H,(H,8,9);2*2,4-5H2,1,3H3. The van der Waals surface area contributed by atoms with Crippen LogP contribution in [0, 0.1) is 0 Å². The first-order valence-electron chi connectivity index (χ1n) is 11.2. The molecule has 0 aliphatic carbocycles. The molecule has 2 N–H and O–H groups in total. The summed E-state index contributed by atoms with van der Waals surface area (Å²) in [5.41, 5.74) is 1.59. The van der Waals surface area contributed by atoms with Crippen molar-refractivity contribution in [2.45, 2.75) is 40.5 Å². The van der Waals surface area contributed by atoms with E-state index < -0.39 is 11.9 Å². The second kappa shape index (κ2) is 21.3. The van der Waals surface area contributed by atoms with E-state index in [0.717, 1.165) is 12.8 Å². The third-order valence-electron chi connectivity index (χ3n) is 3.61. The molecular formula is C28H36O8. The molecule has 0 aliphatic rings. The fourth-order valence-electron chi connectivity index (χ4n) is 1.80. The fourth-order valence-corrected chi connectivity index (χ4v) is 1.80. The number of hydrogen-bond donors (Lipinski definition) is 2. The van der Waals surface area contributed by atoms with E-state index in [9.17, 15) is 19.2 Å². The molecule has 0 unspecified atom stereocenters. The molecule has 0 bridgehead atoms. The molecule has 2 aromatic rings. The molecule has 2 rings (SSSR count). The van der Waals surface area contributed by atoms with Crippen LogP contribution < -0.4 is 0 Å². The van der Waals surface area contributed by atoms with Crippen molar-refractivity contribution in [1.82, 2.24) is 0 Å². The second-order valence-electron chi connectivity index (χ2n) is 7.17. The van der Waals surface area contributed by atoms with Crippen LogP contribution in [0.3, 0.4) is 0 Å². The van der Waals surface area contributed by atoms with Gasteiger partial charge in [0, 0.05) is 11.1 Å². The molecule has 0 atom stereocenters. The zero-order valence-electron chi connectivity index (χ0n) is 21.4. The van der Waals surface area contributed by atoms with E-state index in [0.29, 0.717) is 35.5 Å². The van der Waals surface area contributed by atoms with Crippen LogP contribution in [0.5, 0.6) is 0 Å². The van der Waals surface area contributed by atoms with Crippen LogP contribution in [0.25, 0.3) is 0 Å². The highest BCUT2D eigenvalue weighted by atomic mass is 16.5. The van der Waals surface area contributed by atoms with E-state index in [1.807, 2.05) is 13.8 Å². The molecular weight excluding hydrogens is 464 g/mol. The van der Waals surface area contributed by atoms with E-state index in [-0.39, 0.29) is 11.9 Å². The average Bonchev–Trinajstić information content (AvgIpc) is 2.87. The monoisotopic (exact) mass is 500 g/mol.